The number of para-hydroxylation sites is 1. The van der Waals surface area contributed by atoms with E-state index in [-0.39, 0.29) is 30.2 Å². The van der Waals surface area contributed by atoms with Crippen molar-refractivity contribution in [3.05, 3.63) is 29.8 Å². The molecule has 0 saturated heterocycles. The SMILES string of the molecule is CCOCC1=Nc2c(NC(=O)CNC(=O)C(C)C)nc3ccccc3c2C1CC(C)(C)O. The molecule has 0 saturated carbocycles. The maximum absolute atomic E-state index is 12.6. The van der Waals surface area contributed by atoms with Crippen LogP contribution in [0.3, 0.4) is 0 Å². The van der Waals surface area contributed by atoms with Crippen LogP contribution in [0.2, 0.25) is 0 Å². The van der Waals surface area contributed by atoms with E-state index in [1.54, 1.807) is 27.7 Å². The van der Waals surface area contributed by atoms with Crippen LogP contribution in [-0.4, -0.2) is 53.0 Å². The van der Waals surface area contributed by atoms with Gasteiger partial charge in [-0.25, -0.2) is 4.98 Å². The second kappa shape index (κ2) is 9.75. The lowest BCUT2D eigenvalue weighted by molar-refractivity contribution is -0.126. The molecular formula is C24H32N4O4. The summed E-state index contributed by atoms with van der Waals surface area (Å²) in [6.45, 7) is 9.72. The highest BCUT2D eigenvalue weighted by molar-refractivity contribution is 6.09. The van der Waals surface area contributed by atoms with Crippen molar-refractivity contribution in [3.63, 3.8) is 0 Å². The van der Waals surface area contributed by atoms with Gasteiger partial charge in [0.15, 0.2) is 5.82 Å². The number of fused-ring (bicyclic) bond motifs is 3. The van der Waals surface area contributed by atoms with Gasteiger partial charge in [-0.1, -0.05) is 32.0 Å². The van der Waals surface area contributed by atoms with Gasteiger partial charge in [-0.2, -0.15) is 0 Å². The first kappa shape index (κ1) is 23.8. The zero-order chi connectivity index (χ0) is 23.5. The third-order valence-corrected chi connectivity index (χ3v) is 5.28. The first-order valence-corrected chi connectivity index (χ1v) is 11.0. The number of ether oxygens (including phenoxy) is 1. The van der Waals surface area contributed by atoms with E-state index in [1.807, 2.05) is 31.2 Å². The van der Waals surface area contributed by atoms with Gasteiger partial charge in [0.05, 0.1) is 30.0 Å². The molecule has 0 spiro atoms. The van der Waals surface area contributed by atoms with Gasteiger partial charge in [-0.15, -0.1) is 0 Å². The number of pyridine rings is 1. The van der Waals surface area contributed by atoms with Gasteiger partial charge in [0, 0.05) is 23.8 Å². The van der Waals surface area contributed by atoms with Crippen LogP contribution < -0.4 is 10.6 Å². The van der Waals surface area contributed by atoms with Crippen LogP contribution in [0, 0.1) is 5.92 Å². The van der Waals surface area contributed by atoms with Gasteiger partial charge in [-0.3, -0.25) is 14.6 Å². The third-order valence-electron chi connectivity index (χ3n) is 5.28. The van der Waals surface area contributed by atoms with Gasteiger partial charge in [-0.05, 0) is 38.8 Å². The van der Waals surface area contributed by atoms with Crippen molar-refractivity contribution in [1.82, 2.24) is 10.3 Å². The van der Waals surface area contributed by atoms with Crippen molar-refractivity contribution in [2.75, 3.05) is 25.1 Å². The normalized spacial score (nSPS) is 15.6. The van der Waals surface area contributed by atoms with Gasteiger partial charge in [0.2, 0.25) is 11.8 Å². The summed E-state index contributed by atoms with van der Waals surface area (Å²) in [6.07, 6.45) is 0.456. The Kier molecular flexibility index (Phi) is 7.26. The third kappa shape index (κ3) is 5.49. The molecule has 172 valence electrons. The highest BCUT2D eigenvalue weighted by atomic mass is 16.5. The van der Waals surface area contributed by atoms with Crippen LogP contribution in [0.25, 0.3) is 10.9 Å². The fraction of sp³-hybridized carbons (Fsp3) is 0.500. The maximum atomic E-state index is 12.6. The first-order chi connectivity index (χ1) is 15.1. The highest BCUT2D eigenvalue weighted by Crippen LogP contribution is 2.46. The number of nitrogens with zero attached hydrogens (tertiary/aromatic N) is 2. The van der Waals surface area contributed by atoms with Crippen LogP contribution in [0.1, 0.15) is 52.5 Å². The largest absolute Gasteiger partial charge is 0.390 e. The van der Waals surface area contributed by atoms with Crippen LogP contribution in [0.15, 0.2) is 29.3 Å². The van der Waals surface area contributed by atoms with Crippen molar-refractivity contribution in [1.29, 1.82) is 0 Å². The Morgan fingerprint density at radius 2 is 1.97 bits per heavy atom. The van der Waals surface area contributed by atoms with E-state index < -0.39 is 5.60 Å². The summed E-state index contributed by atoms with van der Waals surface area (Å²) >= 11 is 0. The summed E-state index contributed by atoms with van der Waals surface area (Å²) in [6, 6.07) is 7.68. The molecule has 1 atom stereocenters. The molecule has 0 aliphatic carbocycles. The van der Waals surface area contributed by atoms with E-state index in [1.165, 1.54) is 0 Å². The lowest BCUT2D eigenvalue weighted by Crippen LogP contribution is -2.35. The number of carbonyl (C=O) groups excluding carboxylic acids is 2. The average molecular weight is 441 g/mol. The standard InChI is InChI=1S/C24H32N4O4/c1-6-32-13-18-16(11-24(4,5)31)20-15-9-7-8-10-17(15)27-22(21(20)26-18)28-19(29)12-25-23(30)14(2)3/h7-10,14,16,31H,6,11-13H2,1-5H3,(H,25,30)(H,27,28,29). The zero-order valence-electron chi connectivity index (χ0n) is 19.4. The average Bonchev–Trinajstić information content (AvgIpc) is 3.07. The van der Waals surface area contributed by atoms with Crippen molar-refractivity contribution in [2.24, 2.45) is 10.9 Å². The van der Waals surface area contributed by atoms with Crippen molar-refractivity contribution in [2.45, 2.75) is 52.6 Å². The lowest BCUT2D eigenvalue weighted by Gasteiger charge is -2.24. The summed E-state index contributed by atoms with van der Waals surface area (Å²) in [4.78, 5) is 33.8. The first-order valence-electron chi connectivity index (χ1n) is 11.0. The van der Waals surface area contributed by atoms with Gasteiger partial charge in [0.1, 0.15) is 5.69 Å². The Morgan fingerprint density at radius 3 is 2.62 bits per heavy atom. The van der Waals surface area contributed by atoms with Gasteiger partial charge < -0.3 is 20.5 Å². The quantitative estimate of drug-likeness (QED) is 0.554. The Labute approximate surface area is 188 Å². The predicted octanol–water partition coefficient (Wildman–Crippen LogP) is 3.31. The molecule has 3 N–H and O–H groups in total. The predicted molar refractivity (Wildman–Crippen MR) is 125 cm³/mol. The molecule has 0 radical (unpaired) electrons. The highest BCUT2D eigenvalue weighted by Gasteiger charge is 2.35. The number of rotatable bonds is 9. The molecule has 2 amide bonds. The number of benzene rings is 1. The Bertz CT molecular complexity index is 1040. The lowest BCUT2D eigenvalue weighted by atomic mass is 9.84. The summed E-state index contributed by atoms with van der Waals surface area (Å²) < 4.78 is 5.65. The van der Waals surface area contributed by atoms with Crippen LogP contribution in [0.5, 0.6) is 0 Å². The van der Waals surface area contributed by atoms with Crippen molar-refractivity contribution in [3.8, 4) is 0 Å². The number of nitrogens with one attached hydrogen (secondary N) is 2. The number of hydrogen-bond acceptors (Lipinski definition) is 6. The second-order valence-corrected chi connectivity index (χ2v) is 8.97. The number of aliphatic hydroxyl groups is 1. The Morgan fingerprint density at radius 1 is 1.25 bits per heavy atom. The number of aliphatic imine (C=N–C) groups is 1. The molecule has 32 heavy (non-hydrogen) atoms. The van der Waals surface area contributed by atoms with Crippen molar-refractivity contribution < 1.29 is 19.4 Å². The molecule has 2 aromatic rings. The molecular weight excluding hydrogens is 408 g/mol. The summed E-state index contributed by atoms with van der Waals surface area (Å²) in [7, 11) is 0. The topological polar surface area (TPSA) is 113 Å². The second-order valence-electron chi connectivity index (χ2n) is 8.97. The number of carbonyl (C=O) groups is 2. The smallest absolute Gasteiger partial charge is 0.244 e. The Hall–Kier alpha value is -2.84. The molecule has 0 bridgehead atoms. The summed E-state index contributed by atoms with van der Waals surface area (Å²) in [5.74, 6) is -0.606. The van der Waals surface area contributed by atoms with Crippen molar-refractivity contribution >= 4 is 39.9 Å². The zero-order valence-corrected chi connectivity index (χ0v) is 19.4. The molecule has 8 nitrogen and oxygen atoms in total. The molecule has 1 aromatic carbocycles. The molecule has 1 aliphatic heterocycles. The molecule has 2 heterocycles. The van der Waals surface area contributed by atoms with E-state index in [0.717, 1.165) is 22.2 Å². The Balaban J connectivity index is 2.01. The van der Waals surface area contributed by atoms with Crippen LogP contribution in [0.4, 0.5) is 11.5 Å². The van der Waals surface area contributed by atoms with Gasteiger partial charge in [0.25, 0.3) is 0 Å². The summed E-state index contributed by atoms with van der Waals surface area (Å²) in [5, 5.41) is 16.9. The molecule has 1 unspecified atom stereocenters. The molecule has 0 fully saturated rings. The summed E-state index contributed by atoms with van der Waals surface area (Å²) in [5.41, 5.74) is 2.10. The number of aromatic nitrogens is 1. The van der Waals surface area contributed by atoms with Gasteiger partial charge >= 0.3 is 0 Å². The molecule has 1 aliphatic rings. The molecule has 8 heteroatoms. The van der Waals surface area contributed by atoms with E-state index in [9.17, 15) is 14.7 Å². The maximum Gasteiger partial charge on any atom is 0.244 e. The fourth-order valence-corrected chi connectivity index (χ4v) is 3.78. The van der Waals surface area contributed by atoms with E-state index in [0.29, 0.717) is 31.1 Å². The van der Waals surface area contributed by atoms with E-state index >= 15 is 0 Å². The minimum Gasteiger partial charge on any atom is -0.390 e. The van der Waals surface area contributed by atoms with E-state index in [2.05, 4.69) is 15.6 Å². The molecule has 3 rings (SSSR count). The molecule has 1 aromatic heterocycles. The van der Waals surface area contributed by atoms with Crippen LogP contribution in [-0.2, 0) is 14.3 Å². The minimum absolute atomic E-state index is 0.150. The van der Waals surface area contributed by atoms with E-state index in [4.69, 9.17) is 9.73 Å². The monoisotopic (exact) mass is 440 g/mol. The fourth-order valence-electron chi connectivity index (χ4n) is 3.78. The minimum atomic E-state index is -0.922. The number of amides is 2. The number of anilines is 1. The van der Waals surface area contributed by atoms with Crippen LogP contribution >= 0.6 is 0 Å². The number of hydrogen-bond donors (Lipinski definition) is 3.